The molecule has 11 heteroatoms. The summed E-state index contributed by atoms with van der Waals surface area (Å²) in [6.45, 7) is 5.71. The van der Waals surface area contributed by atoms with Gasteiger partial charge in [0.1, 0.15) is 11.5 Å². The predicted molar refractivity (Wildman–Crippen MR) is 142 cm³/mol. The SMILES string of the molecule is CCCc1cc2c(C(F)(F)F)noc2c(CCC)c1Oc1ccccc1CC(=O)O[C@H](CN1CCCC1)C(N)=O. The fourth-order valence-electron chi connectivity index (χ4n) is 5.05. The Morgan fingerprint density at radius 3 is 2.45 bits per heavy atom. The van der Waals surface area contributed by atoms with E-state index in [1.807, 2.05) is 18.7 Å². The number of aryl methyl sites for hydroxylation is 2. The molecule has 2 N–H and O–H groups in total. The van der Waals surface area contributed by atoms with Gasteiger partial charge in [-0.15, -0.1) is 0 Å². The largest absolute Gasteiger partial charge is 0.456 e. The first kappa shape index (κ1) is 29.4. The van der Waals surface area contributed by atoms with Crippen LogP contribution in [0.15, 0.2) is 34.9 Å². The van der Waals surface area contributed by atoms with Crippen molar-refractivity contribution in [2.24, 2.45) is 5.73 Å². The van der Waals surface area contributed by atoms with Crippen molar-refractivity contribution in [3.63, 3.8) is 0 Å². The molecule has 1 aromatic heterocycles. The molecule has 1 atom stereocenters. The van der Waals surface area contributed by atoms with E-state index in [0.29, 0.717) is 53.9 Å². The number of hydrogen-bond donors (Lipinski definition) is 1. The first-order chi connectivity index (χ1) is 19.1. The summed E-state index contributed by atoms with van der Waals surface area (Å²) >= 11 is 0. The van der Waals surface area contributed by atoms with Crippen molar-refractivity contribution >= 4 is 22.8 Å². The Kier molecular flexibility index (Phi) is 9.34. The summed E-state index contributed by atoms with van der Waals surface area (Å²) in [6.07, 6.45) is -1.73. The number of halogens is 3. The highest BCUT2D eigenvalue weighted by Crippen LogP contribution is 2.42. The van der Waals surface area contributed by atoms with Gasteiger partial charge in [0.15, 0.2) is 17.4 Å². The zero-order chi connectivity index (χ0) is 28.9. The van der Waals surface area contributed by atoms with E-state index in [0.717, 1.165) is 25.9 Å². The summed E-state index contributed by atoms with van der Waals surface area (Å²) in [4.78, 5) is 26.9. The average molecular weight is 562 g/mol. The second-order valence-electron chi connectivity index (χ2n) is 10.0. The van der Waals surface area contributed by atoms with Crippen LogP contribution in [-0.2, 0) is 39.8 Å². The summed E-state index contributed by atoms with van der Waals surface area (Å²) in [5.41, 5.74) is 6.04. The van der Waals surface area contributed by atoms with Crippen molar-refractivity contribution in [2.45, 2.75) is 71.1 Å². The maximum atomic E-state index is 13.6. The molecule has 0 radical (unpaired) electrons. The number of carbonyl (C=O) groups is 2. The normalized spacial score (nSPS) is 14.9. The maximum absolute atomic E-state index is 13.6. The number of primary amides is 1. The third-order valence-electron chi connectivity index (χ3n) is 6.91. The van der Waals surface area contributed by atoms with Gasteiger partial charge < -0.3 is 19.7 Å². The molecule has 1 aliphatic heterocycles. The van der Waals surface area contributed by atoms with Crippen LogP contribution >= 0.6 is 0 Å². The van der Waals surface area contributed by atoms with Gasteiger partial charge >= 0.3 is 12.1 Å². The Labute approximate surface area is 230 Å². The molecule has 0 unspecified atom stereocenters. The van der Waals surface area contributed by atoms with Crippen LogP contribution in [0.5, 0.6) is 11.5 Å². The number of benzene rings is 2. The van der Waals surface area contributed by atoms with E-state index in [4.69, 9.17) is 19.7 Å². The van der Waals surface area contributed by atoms with E-state index in [-0.39, 0.29) is 23.9 Å². The molecule has 1 fully saturated rings. The molecule has 4 rings (SSSR count). The van der Waals surface area contributed by atoms with Crippen LogP contribution in [0.4, 0.5) is 13.2 Å². The average Bonchev–Trinajstić information content (AvgIpc) is 3.56. The van der Waals surface area contributed by atoms with E-state index in [9.17, 15) is 22.8 Å². The van der Waals surface area contributed by atoms with Crippen molar-refractivity contribution in [1.29, 1.82) is 0 Å². The third kappa shape index (κ3) is 6.75. The van der Waals surface area contributed by atoms with Crippen LogP contribution in [-0.4, -0.2) is 47.7 Å². The Bertz CT molecular complexity index is 1350. The van der Waals surface area contributed by atoms with Crippen LogP contribution in [0.2, 0.25) is 0 Å². The Hall–Kier alpha value is -3.60. The van der Waals surface area contributed by atoms with Crippen LogP contribution in [0.1, 0.15) is 61.9 Å². The number of carbonyl (C=O) groups excluding carboxylic acids is 2. The number of aromatic nitrogens is 1. The molecule has 40 heavy (non-hydrogen) atoms. The number of nitrogens with two attached hydrogens (primary N) is 1. The number of ether oxygens (including phenoxy) is 2. The van der Waals surface area contributed by atoms with E-state index in [1.165, 1.54) is 6.07 Å². The molecule has 8 nitrogen and oxygen atoms in total. The van der Waals surface area contributed by atoms with Gasteiger partial charge in [-0.05, 0) is 56.5 Å². The van der Waals surface area contributed by atoms with Gasteiger partial charge in [-0.25, -0.2) is 0 Å². The molecule has 0 aliphatic carbocycles. The minimum absolute atomic E-state index is 0.0344. The molecule has 0 spiro atoms. The standard InChI is InChI=1S/C29H34F3N3O5/c1-3-9-19-15-21-26(40-34-27(21)29(30,31)32)20(10-4-2)25(19)39-22-12-6-5-11-18(22)16-24(36)38-23(28(33)37)17-35-13-7-8-14-35/h5-6,11-12,15,23H,3-4,7-10,13-14,16-17H2,1-2H3,(H2,33,37)/t23-/m1/s1. The number of nitrogens with zero attached hydrogens (tertiary/aromatic N) is 2. The van der Waals surface area contributed by atoms with Gasteiger partial charge in [0.25, 0.3) is 5.91 Å². The summed E-state index contributed by atoms with van der Waals surface area (Å²) < 4.78 is 57.9. The second kappa shape index (κ2) is 12.7. The van der Waals surface area contributed by atoms with Gasteiger partial charge in [-0.3, -0.25) is 14.5 Å². The molecule has 0 saturated carbocycles. The minimum atomic E-state index is -4.66. The highest BCUT2D eigenvalue weighted by molar-refractivity contribution is 5.87. The number of rotatable bonds is 12. The number of alkyl halides is 3. The van der Waals surface area contributed by atoms with Crippen molar-refractivity contribution in [3.8, 4) is 11.5 Å². The van der Waals surface area contributed by atoms with Crippen molar-refractivity contribution < 1.29 is 36.8 Å². The molecule has 2 heterocycles. The zero-order valence-corrected chi connectivity index (χ0v) is 22.7. The molecule has 1 amide bonds. The van der Waals surface area contributed by atoms with Crippen molar-refractivity contribution in [3.05, 3.63) is 52.7 Å². The Balaban J connectivity index is 1.64. The van der Waals surface area contributed by atoms with Crippen molar-refractivity contribution in [1.82, 2.24) is 10.1 Å². The monoisotopic (exact) mass is 561 g/mol. The van der Waals surface area contributed by atoms with Gasteiger partial charge in [-0.1, -0.05) is 50.0 Å². The molecular weight excluding hydrogens is 527 g/mol. The number of fused-ring (bicyclic) bond motifs is 1. The second-order valence-corrected chi connectivity index (χ2v) is 10.0. The van der Waals surface area contributed by atoms with Gasteiger partial charge in [0.05, 0.1) is 11.8 Å². The maximum Gasteiger partial charge on any atom is 0.437 e. The molecule has 3 aromatic rings. The lowest BCUT2D eigenvalue weighted by atomic mass is 9.97. The summed E-state index contributed by atoms with van der Waals surface area (Å²) in [5.74, 6) is -0.607. The van der Waals surface area contributed by atoms with E-state index < -0.39 is 29.9 Å². The number of likely N-dealkylation sites (tertiary alicyclic amines) is 1. The molecule has 1 aliphatic rings. The number of esters is 1. The predicted octanol–water partition coefficient (Wildman–Crippen LogP) is 5.58. The first-order valence-electron chi connectivity index (χ1n) is 13.6. The highest BCUT2D eigenvalue weighted by Gasteiger charge is 2.38. The third-order valence-corrected chi connectivity index (χ3v) is 6.91. The smallest absolute Gasteiger partial charge is 0.437 e. The summed E-state index contributed by atoms with van der Waals surface area (Å²) in [5, 5.41) is 3.24. The van der Waals surface area contributed by atoms with E-state index in [2.05, 4.69) is 5.16 Å². The molecular formula is C29H34F3N3O5. The Morgan fingerprint density at radius 1 is 1.10 bits per heavy atom. The topological polar surface area (TPSA) is 108 Å². The lowest BCUT2D eigenvalue weighted by molar-refractivity contribution is -0.155. The summed E-state index contributed by atoms with van der Waals surface area (Å²) in [6, 6.07) is 8.27. The molecule has 1 saturated heterocycles. The Morgan fingerprint density at radius 2 is 1.80 bits per heavy atom. The highest BCUT2D eigenvalue weighted by atomic mass is 19.4. The lowest BCUT2D eigenvalue weighted by Gasteiger charge is -2.21. The number of para-hydroxylation sites is 1. The van der Waals surface area contributed by atoms with Crippen molar-refractivity contribution in [2.75, 3.05) is 19.6 Å². The van der Waals surface area contributed by atoms with Gasteiger partial charge in [-0.2, -0.15) is 13.2 Å². The van der Waals surface area contributed by atoms with E-state index in [1.54, 1.807) is 24.3 Å². The summed E-state index contributed by atoms with van der Waals surface area (Å²) in [7, 11) is 0. The van der Waals surface area contributed by atoms with Crippen LogP contribution < -0.4 is 10.5 Å². The molecule has 2 aromatic carbocycles. The fourth-order valence-corrected chi connectivity index (χ4v) is 5.05. The van der Waals surface area contributed by atoms with Crippen LogP contribution in [0.3, 0.4) is 0 Å². The fraction of sp³-hybridized carbons (Fsp3) is 0.483. The number of hydrogen-bond acceptors (Lipinski definition) is 7. The van der Waals surface area contributed by atoms with Crippen LogP contribution in [0.25, 0.3) is 11.0 Å². The minimum Gasteiger partial charge on any atom is -0.456 e. The molecule has 216 valence electrons. The van der Waals surface area contributed by atoms with Gasteiger partial charge in [0.2, 0.25) is 0 Å². The van der Waals surface area contributed by atoms with E-state index >= 15 is 0 Å². The molecule has 0 bridgehead atoms. The number of amides is 1. The lowest BCUT2D eigenvalue weighted by Crippen LogP contribution is -2.42. The van der Waals surface area contributed by atoms with Gasteiger partial charge in [0, 0.05) is 17.7 Å². The zero-order valence-electron chi connectivity index (χ0n) is 22.7. The first-order valence-corrected chi connectivity index (χ1v) is 13.6. The quantitative estimate of drug-likeness (QED) is 0.288. The van der Waals surface area contributed by atoms with Crippen LogP contribution in [0, 0.1) is 0 Å².